The van der Waals surface area contributed by atoms with Crippen LogP contribution in [0.2, 0.25) is 0 Å². The van der Waals surface area contributed by atoms with E-state index in [4.69, 9.17) is 0 Å². The van der Waals surface area contributed by atoms with Gasteiger partial charge in [0.05, 0.1) is 17.4 Å². The number of carbonyl (C=O) groups is 1. The first-order valence-electron chi connectivity index (χ1n) is 4.17. The first-order chi connectivity index (χ1) is 7.25. The Bertz CT molecular complexity index is 451. The fourth-order valence-electron chi connectivity index (χ4n) is 1.03. The van der Waals surface area contributed by atoms with Crippen LogP contribution in [0, 0.1) is 5.95 Å². The lowest BCUT2D eigenvalue weighted by atomic mass is 10.2. The maximum absolute atomic E-state index is 12.5. The Morgan fingerprint density at radius 2 is 2.27 bits per heavy atom. The molecular weight excluding hydrogens is 199 g/mol. The summed E-state index contributed by atoms with van der Waals surface area (Å²) in [7, 11) is 0. The number of hydrogen-bond acceptors (Lipinski definition) is 3. The zero-order valence-electron chi connectivity index (χ0n) is 7.57. The smallest absolute Gasteiger partial charge is 0.257 e. The number of hydrogen-bond donors (Lipinski definition) is 2. The number of aromatic amines is 1. The SMILES string of the molecule is O=C(Nc1cn[nH]c1)c1ccc(F)nc1. The highest BCUT2D eigenvalue weighted by Gasteiger charge is 2.06. The molecule has 0 saturated carbocycles. The molecule has 6 heteroatoms. The van der Waals surface area contributed by atoms with Gasteiger partial charge in [0.1, 0.15) is 0 Å². The van der Waals surface area contributed by atoms with Gasteiger partial charge in [-0.15, -0.1) is 0 Å². The van der Waals surface area contributed by atoms with Gasteiger partial charge in [0, 0.05) is 12.4 Å². The number of halogens is 1. The second kappa shape index (κ2) is 3.87. The summed E-state index contributed by atoms with van der Waals surface area (Å²) < 4.78 is 12.5. The van der Waals surface area contributed by atoms with E-state index in [2.05, 4.69) is 20.5 Å². The van der Waals surface area contributed by atoms with Crippen LogP contribution >= 0.6 is 0 Å². The van der Waals surface area contributed by atoms with Crippen LogP contribution in [-0.2, 0) is 0 Å². The molecule has 1 amide bonds. The number of aromatic nitrogens is 3. The van der Waals surface area contributed by atoms with Crippen molar-refractivity contribution in [1.29, 1.82) is 0 Å². The normalized spacial score (nSPS) is 9.93. The maximum Gasteiger partial charge on any atom is 0.257 e. The molecular formula is C9H7FN4O. The van der Waals surface area contributed by atoms with Gasteiger partial charge in [-0.2, -0.15) is 9.49 Å². The third kappa shape index (κ3) is 2.16. The fourth-order valence-corrected chi connectivity index (χ4v) is 1.03. The van der Waals surface area contributed by atoms with Crippen molar-refractivity contribution in [2.24, 2.45) is 0 Å². The highest BCUT2D eigenvalue weighted by atomic mass is 19.1. The monoisotopic (exact) mass is 206 g/mol. The molecule has 5 nitrogen and oxygen atoms in total. The lowest BCUT2D eigenvalue weighted by Gasteiger charge is -2.00. The number of H-pyrrole nitrogens is 1. The lowest BCUT2D eigenvalue weighted by Crippen LogP contribution is -2.11. The van der Waals surface area contributed by atoms with Gasteiger partial charge in [0.15, 0.2) is 0 Å². The van der Waals surface area contributed by atoms with Crippen molar-refractivity contribution in [1.82, 2.24) is 15.2 Å². The van der Waals surface area contributed by atoms with E-state index in [1.807, 2.05) is 0 Å². The molecule has 0 saturated heterocycles. The Morgan fingerprint density at radius 3 is 2.87 bits per heavy atom. The van der Waals surface area contributed by atoms with E-state index in [0.717, 1.165) is 6.07 Å². The van der Waals surface area contributed by atoms with Gasteiger partial charge >= 0.3 is 0 Å². The average molecular weight is 206 g/mol. The summed E-state index contributed by atoms with van der Waals surface area (Å²) in [6, 6.07) is 2.49. The molecule has 2 heterocycles. The zero-order chi connectivity index (χ0) is 10.7. The summed E-state index contributed by atoms with van der Waals surface area (Å²) in [5, 5.41) is 8.79. The van der Waals surface area contributed by atoms with E-state index in [1.165, 1.54) is 24.7 Å². The van der Waals surface area contributed by atoms with Crippen molar-refractivity contribution in [2.75, 3.05) is 5.32 Å². The Hall–Kier alpha value is -2.24. The number of pyridine rings is 1. The quantitative estimate of drug-likeness (QED) is 0.725. The number of rotatable bonds is 2. The van der Waals surface area contributed by atoms with Gasteiger partial charge in [-0.05, 0) is 12.1 Å². The van der Waals surface area contributed by atoms with Crippen LogP contribution in [0.5, 0.6) is 0 Å². The second-order valence-electron chi connectivity index (χ2n) is 2.81. The molecule has 2 N–H and O–H groups in total. The summed E-state index contributed by atoms with van der Waals surface area (Å²) in [5.74, 6) is -0.973. The van der Waals surface area contributed by atoms with Crippen LogP contribution in [0.15, 0.2) is 30.7 Å². The van der Waals surface area contributed by atoms with E-state index in [-0.39, 0.29) is 11.5 Å². The summed E-state index contributed by atoms with van der Waals surface area (Å²) in [4.78, 5) is 14.9. The summed E-state index contributed by atoms with van der Waals surface area (Å²) in [6.07, 6.45) is 4.18. The van der Waals surface area contributed by atoms with Gasteiger partial charge in [-0.1, -0.05) is 0 Å². The Labute approximate surface area is 84.3 Å². The van der Waals surface area contributed by atoms with Gasteiger partial charge in [-0.3, -0.25) is 9.89 Å². The van der Waals surface area contributed by atoms with E-state index >= 15 is 0 Å². The standard InChI is InChI=1S/C9H7FN4O/c10-8-2-1-6(3-11-8)9(15)14-7-4-12-13-5-7/h1-5H,(H,12,13)(H,14,15). The maximum atomic E-state index is 12.5. The average Bonchev–Trinajstić information content (AvgIpc) is 2.71. The molecule has 0 radical (unpaired) electrons. The molecule has 0 unspecified atom stereocenters. The predicted molar refractivity (Wildman–Crippen MR) is 50.7 cm³/mol. The minimum atomic E-state index is -0.616. The van der Waals surface area contributed by atoms with Gasteiger partial charge in [-0.25, -0.2) is 4.98 Å². The fraction of sp³-hybridized carbons (Fsp3) is 0. The van der Waals surface area contributed by atoms with Gasteiger partial charge in [0.25, 0.3) is 5.91 Å². The van der Waals surface area contributed by atoms with Crippen LogP contribution in [0.25, 0.3) is 0 Å². The zero-order valence-corrected chi connectivity index (χ0v) is 7.57. The van der Waals surface area contributed by atoms with Crippen molar-refractivity contribution >= 4 is 11.6 Å². The van der Waals surface area contributed by atoms with Crippen LogP contribution in [0.3, 0.4) is 0 Å². The Kier molecular flexibility index (Phi) is 2.40. The first-order valence-corrected chi connectivity index (χ1v) is 4.17. The molecule has 2 aromatic rings. The molecule has 15 heavy (non-hydrogen) atoms. The van der Waals surface area contributed by atoms with E-state index in [9.17, 15) is 9.18 Å². The van der Waals surface area contributed by atoms with Crippen molar-refractivity contribution in [3.05, 3.63) is 42.2 Å². The summed E-state index contributed by atoms with van der Waals surface area (Å²) >= 11 is 0. The largest absolute Gasteiger partial charge is 0.319 e. The Balaban J connectivity index is 2.11. The van der Waals surface area contributed by atoms with Crippen LogP contribution < -0.4 is 5.32 Å². The highest BCUT2D eigenvalue weighted by molar-refractivity contribution is 6.03. The van der Waals surface area contributed by atoms with Gasteiger partial charge < -0.3 is 5.32 Å². The number of amides is 1. The van der Waals surface area contributed by atoms with Crippen LogP contribution in [0.4, 0.5) is 10.1 Å². The molecule has 0 aromatic carbocycles. The lowest BCUT2D eigenvalue weighted by molar-refractivity contribution is 0.102. The third-order valence-corrected chi connectivity index (χ3v) is 1.75. The molecule has 0 aliphatic carbocycles. The molecule has 0 fully saturated rings. The Morgan fingerprint density at radius 1 is 1.40 bits per heavy atom. The molecule has 0 bridgehead atoms. The number of nitrogens with one attached hydrogen (secondary N) is 2. The summed E-state index contributed by atoms with van der Waals surface area (Å²) in [6.45, 7) is 0. The van der Waals surface area contributed by atoms with Crippen molar-refractivity contribution in [2.45, 2.75) is 0 Å². The van der Waals surface area contributed by atoms with E-state index in [1.54, 1.807) is 0 Å². The van der Waals surface area contributed by atoms with Crippen molar-refractivity contribution in [3.8, 4) is 0 Å². The minimum Gasteiger partial charge on any atom is -0.319 e. The molecule has 0 atom stereocenters. The van der Waals surface area contributed by atoms with Crippen molar-refractivity contribution < 1.29 is 9.18 Å². The molecule has 2 rings (SSSR count). The van der Waals surface area contributed by atoms with E-state index in [0.29, 0.717) is 5.69 Å². The van der Waals surface area contributed by atoms with Crippen LogP contribution in [-0.4, -0.2) is 21.1 Å². The summed E-state index contributed by atoms with van der Waals surface area (Å²) in [5.41, 5.74) is 0.835. The molecule has 76 valence electrons. The van der Waals surface area contributed by atoms with Crippen molar-refractivity contribution in [3.63, 3.8) is 0 Å². The number of nitrogens with zero attached hydrogens (tertiary/aromatic N) is 2. The van der Waals surface area contributed by atoms with E-state index < -0.39 is 5.95 Å². The molecule has 0 aliphatic rings. The number of anilines is 1. The predicted octanol–water partition coefficient (Wildman–Crippen LogP) is 1.20. The molecule has 0 aliphatic heterocycles. The highest BCUT2D eigenvalue weighted by Crippen LogP contribution is 2.05. The first kappa shape index (κ1) is 9.32. The molecule has 2 aromatic heterocycles. The third-order valence-electron chi connectivity index (χ3n) is 1.75. The second-order valence-corrected chi connectivity index (χ2v) is 2.81. The minimum absolute atomic E-state index is 0.289. The van der Waals surface area contributed by atoms with Gasteiger partial charge in [0.2, 0.25) is 5.95 Å². The van der Waals surface area contributed by atoms with Crippen LogP contribution in [0.1, 0.15) is 10.4 Å². The topological polar surface area (TPSA) is 70.7 Å². The molecule has 0 spiro atoms. The number of carbonyl (C=O) groups excluding carboxylic acids is 1.